The second-order valence-corrected chi connectivity index (χ2v) is 6.70. The van der Waals surface area contributed by atoms with Gasteiger partial charge in [0.15, 0.2) is 6.61 Å². The summed E-state index contributed by atoms with van der Waals surface area (Å²) in [5, 5.41) is 5.51. The van der Waals surface area contributed by atoms with Crippen LogP contribution in [-0.4, -0.2) is 30.4 Å². The summed E-state index contributed by atoms with van der Waals surface area (Å²) in [6, 6.07) is 14.6. The topological polar surface area (TPSA) is 84.5 Å². The number of carbonyl (C=O) groups is 3. The van der Waals surface area contributed by atoms with E-state index in [-0.39, 0.29) is 11.9 Å². The Morgan fingerprint density at radius 2 is 1.89 bits per heavy atom. The summed E-state index contributed by atoms with van der Waals surface area (Å²) < 4.78 is 4.96. The number of esters is 1. The molecule has 1 aliphatic rings. The van der Waals surface area contributed by atoms with Gasteiger partial charge >= 0.3 is 5.97 Å². The van der Waals surface area contributed by atoms with Gasteiger partial charge < -0.3 is 15.4 Å². The molecule has 1 saturated carbocycles. The first-order valence-corrected chi connectivity index (χ1v) is 9.12. The monoisotopic (exact) mass is 378 g/mol. The Morgan fingerprint density at radius 1 is 1.11 bits per heavy atom. The largest absolute Gasteiger partial charge is 0.452 e. The van der Waals surface area contributed by atoms with Crippen molar-refractivity contribution in [2.75, 3.05) is 11.9 Å². The van der Waals surface area contributed by atoms with Crippen molar-refractivity contribution in [2.24, 2.45) is 0 Å². The first-order chi connectivity index (χ1) is 13.5. The van der Waals surface area contributed by atoms with Crippen LogP contribution < -0.4 is 10.6 Å². The molecule has 144 valence electrons. The van der Waals surface area contributed by atoms with E-state index < -0.39 is 18.5 Å². The van der Waals surface area contributed by atoms with E-state index >= 15 is 0 Å². The second kappa shape index (κ2) is 8.99. The van der Waals surface area contributed by atoms with E-state index in [4.69, 9.17) is 4.74 Å². The molecule has 0 aromatic heterocycles. The van der Waals surface area contributed by atoms with Gasteiger partial charge in [-0.05, 0) is 43.5 Å². The van der Waals surface area contributed by atoms with E-state index in [1.165, 1.54) is 6.08 Å². The lowest BCUT2D eigenvalue weighted by molar-refractivity contribution is -0.142. The molecule has 1 aliphatic carbocycles. The highest BCUT2D eigenvalue weighted by molar-refractivity contribution is 6.04. The van der Waals surface area contributed by atoms with Crippen LogP contribution in [-0.2, 0) is 14.3 Å². The van der Waals surface area contributed by atoms with Crippen LogP contribution in [0.4, 0.5) is 5.69 Å². The van der Waals surface area contributed by atoms with Gasteiger partial charge in [0.1, 0.15) is 0 Å². The van der Waals surface area contributed by atoms with Gasteiger partial charge in [0.05, 0.1) is 11.3 Å². The number of aryl methyl sites for hydroxylation is 1. The minimum Gasteiger partial charge on any atom is -0.452 e. The molecule has 0 atom stereocenters. The van der Waals surface area contributed by atoms with Crippen LogP contribution in [0.25, 0.3) is 6.08 Å². The average Bonchev–Trinajstić information content (AvgIpc) is 3.49. The highest BCUT2D eigenvalue weighted by Crippen LogP contribution is 2.21. The molecule has 2 aromatic carbocycles. The van der Waals surface area contributed by atoms with Crippen molar-refractivity contribution >= 4 is 29.5 Å². The van der Waals surface area contributed by atoms with Crippen LogP contribution in [0, 0.1) is 6.92 Å². The third-order valence-corrected chi connectivity index (χ3v) is 4.16. The van der Waals surface area contributed by atoms with Crippen molar-refractivity contribution in [3.8, 4) is 0 Å². The van der Waals surface area contributed by atoms with Gasteiger partial charge in [-0.1, -0.05) is 42.0 Å². The zero-order valence-electron chi connectivity index (χ0n) is 15.6. The molecule has 3 rings (SSSR count). The predicted molar refractivity (Wildman–Crippen MR) is 107 cm³/mol. The molecule has 2 amide bonds. The molecule has 0 spiro atoms. The lowest BCUT2D eigenvalue weighted by atomic mass is 10.1. The summed E-state index contributed by atoms with van der Waals surface area (Å²) >= 11 is 0. The molecule has 6 heteroatoms. The predicted octanol–water partition coefficient (Wildman–Crippen LogP) is 3.08. The highest BCUT2D eigenvalue weighted by Gasteiger charge is 2.25. The van der Waals surface area contributed by atoms with E-state index in [0.717, 1.165) is 24.0 Å². The molecule has 28 heavy (non-hydrogen) atoms. The Balaban J connectivity index is 1.51. The fourth-order valence-electron chi connectivity index (χ4n) is 2.59. The van der Waals surface area contributed by atoms with Crippen LogP contribution in [0.15, 0.2) is 54.6 Å². The number of rotatable bonds is 7. The number of benzene rings is 2. The van der Waals surface area contributed by atoms with Crippen molar-refractivity contribution < 1.29 is 19.1 Å². The molecule has 2 aromatic rings. The lowest BCUT2D eigenvalue weighted by Crippen LogP contribution is -2.27. The van der Waals surface area contributed by atoms with Crippen LogP contribution in [0.5, 0.6) is 0 Å². The van der Waals surface area contributed by atoms with Gasteiger partial charge in [-0.3, -0.25) is 9.59 Å². The van der Waals surface area contributed by atoms with Gasteiger partial charge in [-0.15, -0.1) is 0 Å². The number of carbonyl (C=O) groups excluding carboxylic acids is 3. The maximum Gasteiger partial charge on any atom is 0.331 e. The fraction of sp³-hybridized carbons (Fsp3) is 0.227. The van der Waals surface area contributed by atoms with Crippen LogP contribution in [0.2, 0.25) is 0 Å². The minimum absolute atomic E-state index is 0.220. The Labute approximate surface area is 163 Å². The number of nitrogens with one attached hydrogen (secondary N) is 2. The maximum atomic E-state index is 12.3. The van der Waals surface area contributed by atoms with E-state index in [0.29, 0.717) is 11.3 Å². The van der Waals surface area contributed by atoms with E-state index in [2.05, 4.69) is 10.6 Å². The Kier molecular flexibility index (Phi) is 6.22. The fourth-order valence-corrected chi connectivity index (χ4v) is 2.59. The molecule has 2 N–H and O–H groups in total. The Bertz CT molecular complexity index is 916. The third kappa shape index (κ3) is 5.81. The number of hydrogen-bond acceptors (Lipinski definition) is 4. The van der Waals surface area contributed by atoms with E-state index in [1.807, 2.05) is 31.2 Å². The molecule has 0 radical (unpaired) electrons. The zero-order chi connectivity index (χ0) is 19.9. The summed E-state index contributed by atoms with van der Waals surface area (Å²) in [7, 11) is 0. The third-order valence-electron chi connectivity index (χ3n) is 4.16. The normalized spacial score (nSPS) is 13.2. The summed E-state index contributed by atoms with van der Waals surface area (Å²) in [6.07, 6.45) is 4.86. The van der Waals surface area contributed by atoms with Gasteiger partial charge in [0.25, 0.3) is 11.8 Å². The molecule has 0 saturated heterocycles. The number of hydrogen-bond donors (Lipinski definition) is 2. The molecule has 0 bridgehead atoms. The molecular weight excluding hydrogens is 356 g/mol. The van der Waals surface area contributed by atoms with Crippen LogP contribution in [0.3, 0.4) is 0 Å². The molecule has 0 unspecified atom stereocenters. The van der Waals surface area contributed by atoms with Crippen molar-refractivity contribution in [3.05, 3.63) is 71.3 Å². The lowest BCUT2D eigenvalue weighted by Gasteiger charge is -2.11. The molecule has 1 fully saturated rings. The van der Waals surface area contributed by atoms with E-state index in [9.17, 15) is 14.4 Å². The Hall–Kier alpha value is -3.41. The summed E-state index contributed by atoms with van der Waals surface area (Å²) in [5.41, 5.74) is 2.72. The SMILES string of the molecule is Cc1cccc(/C=C/C(=O)OCC(=O)Nc2ccccc2C(=O)NC2CC2)c1. The molecule has 0 aliphatic heterocycles. The number of amides is 2. The highest BCUT2D eigenvalue weighted by atomic mass is 16.5. The molecule has 6 nitrogen and oxygen atoms in total. The van der Waals surface area contributed by atoms with Crippen molar-refractivity contribution in [1.29, 1.82) is 0 Å². The van der Waals surface area contributed by atoms with Crippen molar-refractivity contribution in [2.45, 2.75) is 25.8 Å². The average molecular weight is 378 g/mol. The summed E-state index contributed by atoms with van der Waals surface area (Å²) in [6.45, 7) is 1.53. The minimum atomic E-state index is -0.614. The standard InChI is InChI=1S/C22H22N2O4/c1-15-5-4-6-16(13-15)9-12-21(26)28-14-20(25)24-19-8-3-2-7-18(19)22(27)23-17-10-11-17/h2-9,12-13,17H,10-11,14H2,1H3,(H,23,27)(H,24,25)/b12-9+. The summed E-state index contributed by atoms with van der Waals surface area (Å²) in [5.74, 6) is -1.35. The smallest absolute Gasteiger partial charge is 0.331 e. The number of para-hydroxylation sites is 1. The first-order valence-electron chi connectivity index (χ1n) is 9.12. The van der Waals surface area contributed by atoms with Gasteiger partial charge in [0.2, 0.25) is 0 Å². The Morgan fingerprint density at radius 3 is 2.64 bits per heavy atom. The molecule has 0 heterocycles. The molecular formula is C22H22N2O4. The van der Waals surface area contributed by atoms with Gasteiger partial charge in [0, 0.05) is 12.1 Å². The first kappa shape index (κ1) is 19.4. The number of anilines is 1. The van der Waals surface area contributed by atoms with Gasteiger partial charge in [-0.25, -0.2) is 4.79 Å². The maximum absolute atomic E-state index is 12.3. The summed E-state index contributed by atoms with van der Waals surface area (Å²) in [4.78, 5) is 36.2. The quantitative estimate of drug-likeness (QED) is 0.573. The van der Waals surface area contributed by atoms with Crippen molar-refractivity contribution in [3.63, 3.8) is 0 Å². The number of ether oxygens (including phenoxy) is 1. The van der Waals surface area contributed by atoms with Gasteiger partial charge in [-0.2, -0.15) is 0 Å². The zero-order valence-corrected chi connectivity index (χ0v) is 15.6. The van der Waals surface area contributed by atoms with Crippen LogP contribution in [0.1, 0.15) is 34.3 Å². The van der Waals surface area contributed by atoms with Crippen LogP contribution >= 0.6 is 0 Å². The second-order valence-electron chi connectivity index (χ2n) is 6.70. The van der Waals surface area contributed by atoms with E-state index in [1.54, 1.807) is 30.3 Å². The van der Waals surface area contributed by atoms with Crippen molar-refractivity contribution in [1.82, 2.24) is 5.32 Å².